The second-order valence-electron chi connectivity index (χ2n) is 18.6. The van der Waals surface area contributed by atoms with Crippen molar-refractivity contribution in [3.63, 3.8) is 0 Å². The molecule has 0 spiro atoms. The monoisotopic (exact) mass is 845 g/mol. The molecule has 0 radical (unpaired) electrons. The summed E-state index contributed by atoms with van der Waals surface area (Å²) in [6.07, 6.45) is 2.56. The molecular weight excluding hydrogens is 769 g/mol. The van der Waals surface area contributed by atoms with E-state index in [0.29, 0.717) is 22.6 Å². The van der Waals surface area contributed by atoms with E-state index in [2.05, 4.69) is 0 Å². The minimum absolute atomic E-state index is 0.102. The van der Waals surface area contributed by atoms with Crippen LogP contribution in [-0.2, 0) is 49.1 Å². The largest absolute Gasteiger partial charge is 0.508 e. The molecular formula is C52H76O9. The van der Waals surface area contributed by atoms with Crippen LogP contribution in [0.2, 0.25) is 0 Å². The Hall–Kier alpha value is -5.02. The molecule has 1 fully saturated rings. The first-order valence-corrected chi connectivity index (χ1v) is 21.5. The van der Waals surface area contributed by atoms with Crippen LogP contribution in [-0.4, -0.2) is 45.6 Å². The number of aromatic hydroxyl groups is 4. The zero-order valence-corrected chi connectivity index (χ0v) is 40.0. The molecule has 4 aromatic rings. The SMILES string of the molecule is C1CCOC1.CC.CC.CC(C)(C)c1cc(COC(=O)c2ccc(O)cc2)cc(C(C)(C)C)c1O.CC(C)(C)c1cc(COC(=O)c2ccc(O)cc2)cc(C(C)(C)C)c1O. The Morgan fingerprint density at radius 3 is 0.918 bits per heavy atom. The van der Waals surface area contributed by atoms with Gasteiger partial charge in [0.1, 0.15) is 36.2 Å². The van der Waals surface area contributed by atoms with Crippen molar-refractivity contribution in [3.05, 3.63) is 117 Å². The molecule has 1 heterocycles. The number of carbonyl (C=O) groups excluding carboxylic acids is 2. The summed E-state index contributed by atoms with van der Waals surface area (Å²) in [7, 11) is 0. The van der Waals surface area contributed by atoms with E-state index in [1.807, 2.05) is 135 Å². The van der Waals surface area contributed by atoms with E-state index in [1.165, 1.54) is 61.4 Å². The maximum absolute atomic E-state index is 12.2. The molecule has 338 valence electrons. The lowest BCUT2D eigenvalue weighted by atomic mass is 9.78. The summed E-state index contributed by atoms with van der Waals surface area (Å²) in [5, 5.41) is 40.1. The lowest BCUT2D eigenvalue weighted by Gasteiger charge is -2.28. The van der Waals surface area contributed by atoms with Gasteiger partial charge in [0.05, 0.1) is 11.1 Å². The highest BCUT2D eigenvalue weighted by atomic mass is 16.5. The third-order valence-electron chi connectivity index (χ3n) is 9.34. The lowest BCUT2D eigenvalue weighted by molar-refractivity contribution is 0.0463. The van der Waals surface area contributed by atoms with Gasteiger partial charge >= 0.3 is 11.9 Å². The summed E-state index contributed by atoms with van der Waals surface area (Å²) in [4.78, 5) is 24.4. The summed E-state index contributed by atoms with van der Waals surface area (Å²) >= 11 is 0. The zero-order chi connectivity index (χ0) is 46.9. The molecule has 0 aromatic heterocycles. The predicted octanol–water partition coefficient (Wildman–Crippen LogP) is 12.9. The molecule has 0 saturated carbocycles. The normalized spacial score (nSPS) is 12.5. The van der Waals surface area contributed by atoms with Gasteiger partial charge in [-0.1, -0.05) is 111 Å². The van der Waals surface area contributed by atoms with Crippen LogP contribution in [0.15, 0.2) is 72.8 Å². The van der Waals surface area contributed by atoms with Crippen molar-refractivity contribution in [2.24, 2.45) is 0 Å². The highest BCUT2D eigenvalue weighted by molar-refractivity contribution is 5.90. The van der Waals surface area contributed by atoms with Gasteiger partial charge in [-0.2, -0.15) is 0 Å². The predicted molar refractivity (Wildman–Crippen MR) is 248 cm³/mol. The first-order chi connectivity index (χ1) is 28.3. The lowest BCUT2D eigenvalue weighted by Crippen LogP contribution is -2.18. The molecule has 61 heavy (non-hydrogen) atoms. The van der Waals surface area contributed by atoms with Crippen molar-refractivity contribution in [3.8, 4) is 23.0 Å². The molecule has 5 rings (SSSR count). The van der Waals surface area contributed by atoms with Crippen LogP contribution in [0.5, 0.6) is 23.0 Å². The number of phenols is 4. The van der Waals surface area contributed by atoms with E-state index in [-0.39, 0.29) is 46.4 Å². The Morgan fingerprint density at radius 2 is 0.721 bits per heavy atom. The second-order valence-corrected chi connectivity index (χ2v) is 18.6. The Bertz CT molecular complexity index is 1730. The van der Waals surface area contributed by atoms with Gasteiger partial charge in [-0.05, 0) is 141 Å². The molecule has 0 atom stereocenters. The van der Waals surface area contributed by atoms with Gasteiger partial charge in [0, 0.05) is 13.2 Å². The van der Waals surface area contributed by atoms with E-state index in [1.54, 1.807) is 0 Å². The van der Waals surface area contributed by atoms with Crippen LogP contribution in [0.25, 0.3) is 0 Å². The van der Waals surface area contributed by atoms with E-state index < -0.39 is 11.9 Å². The van der Waals surface area contributed by atoms with Gasteiger partial charge in [-0.3, -0.25) is 0 Å². The van der Waals surface area contributed by atoms with Crippen LogP contribution in [0.3, 0.4) is 0 Å². The first kappa shape index (κ1) is 54.0. The van der Waals surface area contributed by atoms with Crippen LogP contribution in [0, 0.1) is 0 Å². The number of esters is 2. The minimum atomic E-state index is -0.451. The molecule has 0 amide bonds. The van der Waals surface area contributed by atoms with Crippen LogP contribution >= 0.6 is 0 Å². The minimum Gasteiger partial charge on any atom is -0.508 e. The maximum Gasteiger partial charge on any atom is 0.338 e. The van der Waals surface area contributed by atoms with Gasteiger partial charge in [0.25, 0.3) is 0 Å². The van der Waals surface area contributed by atoms with Crippen LogP contribution in [0.4, 0.5) is 0 Å². The Balaban J connectivity index is 0.000000508. The number of hydrogen-bond donors (Lipinski definition) is 4. The average Bonchev–Trinajstić information content (AvgIpc) is 3.78. The summed E-state index contributed by atoms with van der Waals surface area (Å²) in [6.45, 7) is 34.7. The second kappa shape index (κ2) is 23.8. The molecule has 4 N–H and O–H groups in total. The molecule has 1 saturated heterocycles. The summed E-state index contributed by atoms with van der Waals surface area (Å²) < 4.78 is 15.8. The van der Waals surface area contributed by atoms with Gasteiger partial charge in [0.2, 0.25) is 0 Å². The fourth-order valence-electron chi connectivity index (χ4n) is 6.01. The van der Waals surface area contributed by atoms with E-state index in [4.69, 9.17) is 14.2 Å². The quantitative estimate of drug-likeness (QED) is 0.139. The Labute approximate surface area is 367 Å². The molecule has 0 aliphatic carbocycles. The maximum atomic E-state index is 12.2. The van der Waals surface area contributed by atoms with Crippen LogP contribution in [0.1, 0.15) is 178 Å². The van der Waals surface area contributed by atoms with Crippen molar-refractivity contribution in [1.29, 1.82) is 0 Å². The number of carbonyl (C=O) groups is 2. The number of ether oxygens (including phenoxy) is 3. The van der Waals surface area contributed by atoms with Crippen molar-refractivity contribution in [1.82, 2.24) is 0 Å². The van der Waals surface area contributed by atoms with Gasteiger partial charge in [-0.15, -0.1) is 0 Å². The van der Waals surface area contributed by atoms with Crippen LogP contribution < -0.4 is 0 Å². The topological polar surface area (TPSA) is 143 Å². The highest BCUT2D eigenvalue weighted by Gasteiger charge is 2.28. The number of rotatable bonds is 6. The van der Waals surface area contributed by atoms with Crippen molar-refractivity contribution in [2.75, 3.05) is 13.2 Å². The third-order valence-corrected chi connectivity index (χ3v) is 9.34. The third kappa shape index (κ3) is 17.5. The summed E-state index contributed by atoms with van der Waals surface area (Å²) in [5.74, 6) is -0.0907. The molecule has 1 aliphatic heterocycles. The van der Waals surface area contributed by atoms with E-state index in [0.717, 1.165) is 46.6 Å². The smallest absolute Gasteiger partial charge is 0.338 e. The molecule has 1 aliphatic rings. The standard InChI is InChI=1S/2C22H28O4.C4H8O.2C2H6/c2*1-21(2,3)17-11-14(12-18(19(17)24)22(4,5)6)13-26-20(25)15-7-9-16(23)10-8-15;1-2-4-5-3-1;2*1-2/h2*7-12,23-24H,13H2,1-6H3;1-4H2;2*1-2H3. The summed E-state index contributed by atoms with van der Waals surface area (Å²) in [6, 6.07) is 19.5. The van der Waals surface area contributed by atoms with Crippen molar-refractivity contribution < 1.29 is 44.2 Å². The highest BCUT2D eigenvalue weighted by Crippen LogP contribution is 2.41. The number of hydrogen-bond acceptors (Lipinski definition) is 9. The number of benzene rings is 4. The van der Waals surface area contributed by atoms with Gasteiger partial charge in [-0.25, -0.2) is 9.59 Å². The van der Waals surface area contributed by atoms with Crippen molar-refractivity contribution >= 4 is 11.9 Å². The van der Waals surface area contributed by atoms with E-state index >= 15 is 0 Å². The van der Waals surface area contributed by atoms with Gasteiger partial charge < -0.3 is 34.6 Å². The fraction of sp³-hybridized carbons (Fsp3) is 0.500. The molecule has 9 nitrogen and oxygen atoms in total. The summed E-state index contributed by atoms with van der Waals surface area (Å²) in [5.41, 5.74) is 4.84. The Kier molecular flexibility index (Phi) is 21.1. The van der Waals surface area contributed by atoms with E-state index in [9.17, 15) is 30.0 Å². The first-order valence-electron chi connectivity index (χ1n) is 21.5. The average molecular weight is 845 g/mol. The number of phenolic OH excluding ortho intramolecular Hbond substituents is 4. The molecule has 0 unspecified atom stereocenters. The fourth-order valence-corrected chi connectivity index (χ4v) is 6.01. The van der Waals surface area contributed by atoms with Gasteiger partial charge in [0.15, 0.2) is 0 Å². The zero-order valence-electron chi connectivity index (χ0n) is 40.0. The molecule has 0 bridgehead atoms. The Morgan fingerprint density at radius 1 is 0.475 bits per heavy atom. The van der Waals surface area contributed by atoms with Crippen molar-refractivity contribution in [2.45, 2.75) is 158 Å². The molecule has 4 aromatic carbocycles. The molecule has 9 heteroatoms.